The molecule has 82 valence electrons. The van der Waals surface area contributed by atoms with Crippen molar-refractivity contribution in [3.8, 4) is 11.3 Å². The monoisotopic (exact) mass is 216 g/mol. The summed E-state index contributed by atoms with van der Waals surface area (Å²) in [5.74, 6) is -0.580. The number of carbonyl (C=O) groups is 1. The Morgan fingerprint density at radius 3 is 2.69 bits per heavy atom. The molecule has 5 heteroatoms. The molecule has 0 bridgehead atoms. The van der Waals surface area contributed by atoms with E-state index in [1.807, 2.05) is 32.0 Å². The third-order valence-corrected chi connectivity index (χ3v) is 2.42. The molecule has 0 radical (unpaired) electrons. The summed E-state index contributed by atoms with van der Waals surface area (Å²) in [6.45, 7) is 3.97. The molecular weight excluding hydrogens is 204 g/mol. The molecule has 1 aromatic heterocycles. The van der Waals surface area contributed by atoms with Crippen LogP contribution in [0, 0.1) is 13.8 Å². The van der Waals surface area contributed by atoms with Crippen LogP contribution in [-0.4, -0.2) is 21.3 Å². The van der Waals surface area contributed by atoms with Crippen LogP contribution in [-0.2, 0) is 0 Å². The Bertz CT molecular complexity index is 545. The number of aromatic nitrogens is 3. The van der Waals surface area contributed by atoms with Gasteiger partial charge in [0.2, 0.25) is 0 Å². The SMILES string of the molecule is Cc1ccc(-c2n[nH]nc2C(N)=O)c(C)c1. The molecule has 1 heterocycles. The van der Waals surface area contributed by atoms with Gasteiger partial charge in [-0.3, -0.25) is 4.79 Å². The largest absolute Gasteiger partial charge is 0.364 e. The van der Waals surface area contributed by atoms with E-state index in [1.165, 1.54) is 0 Å². The molecule has 0 aliphatic rings. The highest BCUT2D eigenvalue weighted by Crippen LogP contribution is 2.23. The Morgan fingerprint density at radius 1 is 1.31 bits per heavy atom. The maximum Gasteiger partial charge on any atom is 0.271 e. The molecule has 5 nitrogen and oxygen atoms in total. The second-order valence-electron chi connectivity index (χ2n) is 3.70. The Labute approximate surface area is 92.7 Å². The van der Waals surface area contributed by atoms with Crippen molar-refractivity contribution >= 4 is 5.91 Å². The van der Waals surface area contributed by atoms with Crippen molar-refractivity contribution in [3.63, 3.8) is 0 Å². The minimum atomic E-state index is -0.580. The van der Waals surface area contributed by atoms with Gasteiger partial charge in [0.15, 0.2) is 5.69 Å². The van der Waals surface area contributed by atoms with Crippen molar-refractivity contribution < 1.29 is 4.79 Å². The van der Waals surface area contributed by atoms with E-state index in [9.17, 15) is 4.79 Å². The van der Waals surface area contributed by atoms with Gasteiger partial charge in [-0.15, -0.1) is 0 Å². The molecule has 1 amide bonds. The molecule has 16 heavy (non-hydrogen) atoms. The van der Waals surface area contributed by atoms with Crippen molar-refractivity contribution in [2.75, 3.05) is 0 Å². The van der Waals surface area contributed by atoms with Crippen molar-refractivity contribution in [2.45, 2.75) is 13.8 Å². The van der Waals surface area contributed by atoms with Crippen LogP contribution in [0.15, 0.2) is 18.2 Å². The van der Waals surface area contributed by atoms with E-state index in [2.05, 4.69) is 15.4 Å². The van der Waals surface area contributed by atoms with Gasteiger partial charge in [-0.1, -0.05) is 23.8 Å². The lowest BCUT2D eigenvalue weighted by molar-refractivity contribution is 0.0996. The molecule has 1 aromatic carbocycles. The van der Waals surface area contributed by atoms with Gasteiger partial charge in [0.1, 0.15) is 5.69 Å². The topological polar surface area (TPSA) is 84.7 Å². The van der Waals surface area contributed by atoms with Gasteiger partial charge in [-0.05, 0) is 19.4 Å². The molecule has 0 aliphatic heterocycles. The lowest BCUT2D eigenvalue weighted by Crippen LogP contribution is -2.13. The van der Waals surface area contributed by atoms with Crippen LogP contribution in [0.5, 0.6) is 0 Å². The maximum atomic E-state index is 11.1. The third kappa shape index (κ3) is 1.67. The fourth-order valence-corrected chi connectivity index (χ4v) is 1.67. The number of hydrogen-bond donors (Lipinski definition) is 2. The van der Waals surface area contributed by atoms with Gasteiger partial charge in [-0.2, -0.15) is 15.4 Å². The summed E-state index contributed by atoms with van der Waals surface area (Å²) >= 11 is 0. The number of carbonyl (C=O) groups excluding carboxylic acids is 1. The van der Waals surface area contributed by atoms with E-state index < -0.39 is 5.91 Å². The predicted molar refractivity (Wildman–Crippen MR) is 59.8 cm³/mol. The van der Waals surface area contributed by atoms with Gasteiger partial charge in [0.25, 0.3) is 5.91 Å². The highest BCUT2D eigenvalue weighted by Gasteiger charge is 2.16. The summed E-state index contributed by atoms with van der Waals surface area (Å²) in [5, 5.41) is 10.1. The van der Waals surface area contributed by atoms with Gasteiger partial charge in [0.05, 0.1) is 0 Å². The first-order valence-corrected chi connectivity index (χ1v) is 4.88. The third-order valence-electron chi connectivity index (χ3n) is 2.42. The molecule has 2 rings (SSSR count). The fourth-order valence-electron chi connectivity index (χ4n) is 1.67. The van der Waals surface area contributed by atoms with Crippen molar-refractivity contribution in [2.24, 2.45) is 5.73 Å². The number of benzene rings is 1. The van der Waals surface area contributed by atoms with Crippen LogP contribution in [0.2, 0.25) is 0 Å². The average molecular weight is 216 g/mol. The number of primary amides is 1. The lowest BCUT2D eigenvalue weighted by atomic mass is 10.0. The van der Waals surface area contributed by atoms with Crippen LogP contribution >= 0.6 is 0 Å². The molecular formula is C11H12N4O. The van der Waals surface area contributed by atoms with Crippen molar-refractivity contribution in [1.82, 2.24) is 15.4 Å². The second-order valence-corrected chi connectivity index (χ2v) is 3.70. The number of nitrogens with zero attached hydrogens (tertiary/aromatic N) is 2. The highest BCUT2D eigenvalue weighted by atomic mass is 16.1. The Kier molecular flexibility index (Phi) is 2.44. The van der Waals surface area contributed by atoms with Crippen molar-refractivity contribution in [3.05, 3.63) is 35.0 Å². The minimum Gasteiger partial charge on any atom is -0.364 e. The normalized spacial score (nSPS) is 10.4. The van der Waals surface area contributed by atoms with Gasteiger partial charge in [0, 0.05) is 5.56 Å². The molecule has 3 N–H and O–H groups in total. The Morgan fingerprint density at radius 2 is 2.06 bits per heavy atom. The Balaban J connectivity index is 2.59. The number of aryl methyl sites for hydroxylation is 2. The van der Waals surface area contributed by atoms with E-state index >= 15 is 0 Å². The summed E-state index contributed by atoms with van der Waals surface area (Å²) in [4.78, 5) is 11.1. The van der Waals surface area contributed by atoms with Crippen LogP contribution in [0.4, 0.5) is 0 Å². The van der Waals surface area contributed by atoms with Crippen LogP contribution in [0.3, 0.4) is 0 Å². The molecule has 0 saturated heterocycles. The molecule has 0 fully saturated rings. The zero-order chi connectivity index (χ0) is 11.7. The summed E-state index contributed by atoms with van der Waals surface area (Å²) in [5.41, 5.74) is 8.96. The highest BCUT2D eigenvalue weighted by molar-refractivity contribution is 5.97. The van der Waals surface area contributed by atoms with Crippen molar-refractivity contribution in [1.29, 1.82) is 0 Å². The standard InChI is InChI=1S/C11H12N4O/c1-6-3-4-8(7(2)5-6)9-10(11(12)16)14-15-13-9/h3-5H,1-2H3,(H2,12,16)(H,13,14,15). The molecule has 2 aromatic rings. The summed E-state index contributed by atoms with van der Waals surface area (Å²) in [7, 11) is 0. The first kappa shape index (κ1) is 10.4. The van der Waals surface area contributed by atoms with Crippen LogP contribution < -0.4 is 5.73 Å². The van der Waals surface area contributed by atoms with Gasteiger partial charge < -0.3 is 5.73 Å². The smallest absolute Gasteiger partial charge is 0.271 e. The van der Waals surface area contributed by atoms with E-state index in [0.717, 1.165) is 16.7 Å². The molecule has 0 atom stereocenters. The molecule has 0 spiro atoms. The number of nitrogens with one attached hydrogen (secondary N) is 1. The lowest BCUT2D eigenvalue weighted by Gasteiger charge is -2.04. The zero-order valence-corrected chi connectivity index (χ0v) is 9.11. The number of nitrogens with two attached hydrogens (primary N) is 1. The average Bonchev–Trinajstić information content (AvgIpc) is 2.66. The van der Waals surface area contributed by atoms with Gasteiger partial charge >= 0.3 is 0 Å². The number of rotatable bonds is 2. The maximum absolute atomic E-state index is 11.1. The van der Waals surface area contributed by atoms with E-state index in [0.29, 0.717) is 5.69 Å². The first-order valence-electron chi connectivity index (χ1n) is 4.88. The Hall–Kier alpha value is -2.17. The first-order chi connectivity index (χ1) is 7.59. The fraction of sp³-hybridized carbons (Fsp3) is 0.182. The zero-order valence-electron chi connectivity index (χ0n) is 9.11. The molecule has 0 unspecified atom stereocenters. The minimum absolute atomic E-state index is 0.173. The predicted octanol–water partition coefficient (Wildman–Crippen LogP) is 1.19. The quantitative estimate of drug-likeness (QED) is 0.790. The van der Waals surface area contributed by atoms with E-state index in [-0.39, 0.29) is 5.69 Å². The van der Waals surface area contributed by atoms with Crippen LogP contribution in [0.1, 0.15) is 21.6 Å². The number of H-pyrrole nitrogens is 1. The number of aromatic amines is 1. The van der Waals surface area contributed by atoms with E-state index in [4.69, 9.17) is 5.73 Å². The van der Waals surface area contributed by atoms with E-state index in [1.54, 1.807) is 0 Å². The summed E-state index contributed by atoms with van der Waals surface area (Å²) < 4.78 is 0. The molecule has 0 saturated carbocycles. The molecule has 0 aliphatic carbocycles. The van der Waals surface area contributed by atoms with Crippen LogP contribution in [0.25, 0.3) is 11.3 Å². The summed E-state index contributed by atoms with van der Waals surface area (Å²) in [6, 6.07) is 5.89. The second kappa shape index (κ2) is 3.77. The summed E-state index contributed by atoms with van der Waals surface area (Å²) in [6.07, 6.45) is 0. The number of hydrogen-bond acceptors (Lipinski definition) is 3. The van der Waals surface area contributed by atoms with Gasteiger partial charge in [-0.25, -0.2) is 0 Å². The number of amides is 1.